The average molecular weight is 108 g/mol. The lowest BCUT2D eigenvalue weighted by atomic mass is 11.1. The lowest BCUT2D eigenvalue weighted by molar-refractivity contribution is 0.610. The summed E-state index contributed by atoms with van der Waals surface area (Å²) in [5, 5.41) is 0. The van der Waals surface area contributed by atoms with E-state index in [1.165, 1.54) is 0 Å². The molecule has 0 aliphatic heterocycles. The number of hydrogen-bond acceptors (Lipinski definition) is 2. The molecule has 4 heteroatoms. The minimum absolute atomic E-state index is 0.933. The van der Waals surface area contributed by atoms with E-state index in [9.17, 15) is 8.42 Å². The Kier molecular flexibility index (Phi) is 1.66. The van der Waals surface area contributed by atoms with E-state index in [0.29, 0.717) is 0 Å². The van der Waals surface area contributed by atoms with E-state index in [2.05, 4.69) is 6.58 Å². The Hall–Kier alpha value is -0.510. The SMILES string of the molecule is [2H]S(=O)(=O)NC=C. The number of nitrogens with one attached hydrogen (secondary N) is 1. The zero-order valence-corrected chi connectivity index (χ0v) is 3.83. The molecule has 0 saturated carbocycles. The molecule has 0 bridgehead atoms. The average Bonchev–Trinajstić information content (AvgIpc) is 1.30. The summed E-state index contributed by atoms with van der Waals surface area (Å²) in [5.74, 6) is 0. The zero-order chi connectivity index (χ0) is 5.91. The van der Waals surface area contributed by atoms with Gasteiger partial charge in [-0.05, 0) is 0 Å². The van der Waals surface area contributed by atoms with E-state index in [1.54, 1.807) is 4.72 Å². The lowest BCUT2D eigenvalue weighted by Gasteiger charge is -1.74. The van der Waals surface area contributed by atoms with Gasteiger partial charge in [0.25, 0.3) is 0 Å². The van der Waals surface area contributed by atoms with Gasteiger partial charge in [-0.15, -0.1) is 0 Å². The lowest BCUT2D eigenvalue weighted by Crippen LogP contribution is -1.97. The second-order valence-corrected chi connectivity index (χ2v) is 1.26. The molecule has 0 fully saturated rings. The second-order valence-electron chi connectivity index (χ2n) is 0.557. The molecule has 0 spiro atoms. The third-order valence-corrected chi connectivity index (χ3v) is 0.539. The zero-order valence-electron chi connectivity index (χ0n) is 4.01. The predicted molar refractivity (Wildman–Crippen MR) is 23.6 cm³/mol. The molecule has 1 N–H and O–H groups in total. The van der Waals surface area contributed by atoms with Crippen molar-refractivity contribution in [2.24, 2.45) is 0 Å². The van der Waals surface area contributed by atoms with E-state index < -0.39 is 10.8 Å². The van der Waals surface area contributed by atoms with Crippen LogP contribution in [0.3, 0.4) is 0 Å². The number of hydrogen-bond donors (Lipinski definition) is 2. The Morgan fingerprint density at radius 2 is 2.50 bits per heavy atom. The van der Waals surface area contributed by atoms with Crippen LogP contribution in [0.4, 0.5) is 0 Å². The number of thiol groups is 1. The van der Waals surface area contributed by atoms with Crippen molar-refractivity contribution >= 4 is 10.8 Å². The maximum absolute atomic E-state index is 9.72. The van der Waals surface area contributed by atoms with Crippen molar-refractivity contribution in [3.05, 3.63) is 12.8 Å². The van der Waals surface area contributed by atoms with Gasteiger partial charge in [-0.25, -0.2) is 8.42 Å². The molecule has 0 aliphatic carbocycles. The molecule has 0 aromatic carbocycles. The van der Waals surface area contributed by atoms with Crippen LogP contribution in [-0.4, -0.2) is 9.54 Å². The molecule has 0 saturated heterocycles. The molecule has 36 valence electrons. The van der Waals surface area contributed by atoms with Crippen molar-refractivity contribution in [3.8, 4) is 0 Å². The van der Waals surface area contributed by atoms with Gasteiger partial charge >= 0.3 is 0 Å². The van der Waals surface area contributed by atoms with Crippen LogP contribution < -0.4 is 4.72 Å². The highest BCUT2D eigenvalue weighted by atomic mass is 32.2. The Morgan fingerprint density at radius 3 is 2.50 bits per heavy atom. The summed E-state index contributed by atoms with van der Waals surface area (Å²) in [5.41, 5.74) is 0. The molecular formula is C2H5NO2S. The third-order valence-electron chi connectivity index (χ3n) is 0.180. The van der Waals surface area contributed by atoms with Crippen molar-refractivity contribution in [1.82, 2.24) is 4.72 Å². The fraction of sp³-hybridized carbons (Fsp3) is 0. The molecular weight excluding hydrogens is 102 g/mol. The Labute approximate surface area is 38.8 Å². The first-order valence-electron chi connectivity index (χ1n) is 1.64. The molecule has 0 unspecified atom stereocenters. The van der Waals surface area contributed by atoms with Gasteiger partial charge in [-0.2, -0.15) is 0 Å². The van der Waals surface area contributed by atoms with Gasteiger partial charge in [0.1, 0.15) is 0 Å². The van der Waals surface area contributed by atoms with Gasteiger partial charge in [-0.3, -0.25) is 4.72 Å². The Bertz CT molecular complexity index is 149. The van der Waals surface area contributed by atoms with Crippen LogP contribution in [0.5, 0.6) is 0 Å². The van der Waals surface area contributed by atoms with Gasteiger partial charge in [0.15, 0.2) is 1.12 Å². The summed E-state index contributed by atoms with van der Waals surface area (Å²) in [4.78, 5) is 0. The van der Waals surface area contributed by atoms with Gasteiger partial charge in [-0.1, -0.05) is 6.58 Å². The maximum Gasteiger partial charge on any atom is 0.222 e. The van der Waals surface area contributed by atoms with Crippen LogP contribution in [0.25, 0.3) is 0 Å². The molecule has 0 aromatic rings. The van der Waals surface area contributed by atoms with Gasteiger partial charge in [0.05, 0.1) is 0 Å². The van der Waals surface area contributed by atoms with E-state index in [0.717, 1.165) is 6.20 Å². The summed E-state index contributed by atoms with van der Waals surface area (Å²) in [6.07, 6.45) is 0.933. The molecule has 0 rings (SSSR count). The highest BCUT2D eigenvalue weighted by molar-refractivity contribution is 7.70. The highest BCUT2D eigenvalue weighted by Gasteiger charge is 1.63. The van der Waals surface area contributed by atoms with Crippen LogP contribution >= 0.6 is 0 Å². The van der Waals surface area contributed by atoms with Crippen LogP contribution in [0.15, 0.2) is 12.8 Å². The molecule has 0 heterocycles. The van der Waals surface area contributed by atoms with Crippen LogP contribution in [0, 0.1) is 0 Å². The van der Waals surface area contributed by atoms with Gasteiger partial charge in [0.2, 0.25) is 10.8 Å². The first kappa shape index (κ1) is 3.67. The third kappa shape index (κ3) is 3.49. The van der Waals surface area contributed by atoms with Crippen LogP contribution in [0.1, 0.15) is 0 Å². The largest absolute Gasteiger partial charge is 0.293 e. The van der Waals surface area contributed by atoms with Crippen molar-refractivity contribution < 1.29 is 8.42 Å². The van der Waals surface area contributed by atoms with Gasteiger partial charge in [0, 0.05) is 6.20 Å². The smallest absolute Gasteiger partial charge is 0.222 e. The summed E-state index contributed by atoms with van der Waals surface area (Å²) >= 11 is 0. The molecule has 3 nitrogen and oxygen atoms in total. The molecule has 6 heavy (non-hydrogen) atoms. The normalized spacial score (nSPS) is 12.3. The minimum atomic E-state index is -3.79. The fourth-order valence-electron chi connectivity index (χ4n) is 0.0680. The summed E-state index contributed by atoms with van der Waals surface area (Å²) in [6, 6.07) is 0. The van der Waals surface area contributed by atoms with E-state index in [1.807, 2.05) is 0 Å². The van der Waals surface area contributed by atoms with Crippen LogP contribution in [0.2, 0.25) is 0 Å². The van der Waals surface area contributed by atoms with E-state index in [4.69, 9.17) is 1.12 Å². The maximum atomic E-state index is 9.72. The topological polar surface area (TPSA) is 46.2 Å². The monoisotopic (exact) mass is 108 g/mol. The van der Waals surface area contributed by atoms with E-state index in [-0.39, 0.29) is 0 Å². The standard InChI is InChI=1S/C2H5NO2S/c1-2-3-6(4)5/h2,6H,1H2,(H,3,4,5)/i6D. The second kappa shape index (κ2) is 2.71. The molecule has 0 amide bonds. The summed E-state index contributed by atoms with van der Waals surface area (Å²) in [7, 11) is -3.79. The minimum Gasteiger partial charge on any atom is -0.293 e. The van der Waals surface area contributed by atoms with Crippen molar-refractivity contribution in [2.75, 3.05) is 0 Å². The fourth-order valence-corrected chi connectivity index (χ4v) is 0.204. The quantitative estimate of drug-likeness (QED) is 0.457. The first-order chi connectivity index (χ1) is 3.06. The van der Waals surface area contributed by atoms with Crippen molar-refractivity contribution in [3.63, 3.8) is 0 Å². The summed E-state index contributed by atoms with van der Waals surface area (Å²) in [6.45, 7) is 3.04. The van der Waals surface area contributed by atoms with E-state index >= 15 is 0 Å². The highest BCUT2D eigenvalue weighted by Crippen LogP contribution is 1.47. The first-order valence-corrected chi connectivity index (χ1v) is 2.31. The summed E-state index contributed by atoms with van der Waals surface area (Å²) < 4.78 is 27.2. The number of rotatable bonds is 2. The van der Waals surface area contributed by atoms with Gasteiger partial charge < -0.3 is 0 Å². The molecule has 0 radical (unpaired) electrons. The molecule has 0 aliphatic rings. The molecule has 0 aromatic heterocycles. The predicted octanol–water partition coefficient (Wildman–Crippen LogP) is -0.754. The van der Waals surface area contributed by atoms with Crippen molar-refractivity contribution in [1.29, 1.82) is 1.12 Å². The van der Waals surface area contributed by atoms with Crippen LogP contribution in [-0.2, 0) is 10.8 Å². The Morgan fingerprint density at radius 1 is 2.00 bits per heavy atom. The molecule has 0 atom stereocenters. The van der Waals surface area contributed by atoms with Crippen molar-refractivity contribution in [2.45, 2.75) is 0 Å². The Balaban J connectivity index is 3.84.